The minimum absolute atomic E-state index is 0.0552. The van der Waals surface area contributed by atoms with Crippen molar-refractivity contribution in [1.82, 2.24) is 5.32 Å². The second-order valence-electron chi connectivity index (χ2n) is 7.11. The summed E-state index contributed by atoms with van der Waals surface area (Å²) in [5.74, 6) is -0.128. The molecule has 0 saturated heterocycles. The van der Waals surface area contributed by atoms with Crippen molar-refractivity contribution in [1.29, 1.82) is 0 Å². The first-order valence-electron chi connectivity index (χ1n) is 9.73. The van der Waals surface area contributed by atoms with Crippen LogP contribution in [0.4, 0.5) is 9.59 Å². The molecule has 8 heteroatoms. The van der Waals surface area contributed by atoms with Crippen LogP contribution in [-0.4, -0.2) is 24.1 Å². The Balaban J connectivity index is 1.32. The van der Waals surface area contributed by atoms with Gasteiger partial charge in [0.05, 0.1) is 0 Å². The minimum atomic E-state index is -1.08. The zero-order valence-corrected chi connectivity index (χ0v) is 19.0. The number of alkyl carbamates (subject to hydrolysis) is 1. The molecule has 0 bridgehead atoms. The smallest absolute Gasteiger partial charge is 0.433 e. The summed E-state index contributed by atoms with van der Waals surface area (Å²) in [7, 11) is 0. The predicted octanol–water partition coefficient (Wildman–Crippen LogP) is 6.00. The molecule has 0 fully saturated rings. The Hall–Kier alpha value is -3.16. The van der Waals surface area contributed by atoms with Gasteiger partial charge in [0.25, 0.3) is 5.24 Å². The molecule has 0 saturated carbocycles. The van der Waals surface area contributed by atoms with Crippen LogP contribution in [0.1, 0.15) is 33.0 Å². The van der Waals surface area contributed by atoms with E-state index in [4.69, 9.17) is 21.1 Å². The van der Waals surface area contributed by atoms with Crippen LogP contribution in [0.25, 0.3) is 11.1 Å². The topological polar surface area (TPSA) is 81.7 Å². The van der Waals surface area contributed by atoms with E-state index in [1.165, 1.54) is 6.07 Å². The zero-order chi connectivity index (χ0) is 22.7. The fourth-order valence-electron chi connectivity index (χ4n) is 3.71. The average Bonchev–Trinajstić information content (AvgIpc) is 3.10. The number of amides is 1. The third kappa shape index (κ3) is 4.69. The Morgan fingerprint density at radius 3 is 2.16 bits per heavy atom. The molecule has 0 unspecified atom stereocenters. The lowest BCUT2D eigenvalue weighted by Gasteiger charge is -2.14. The molecule has 162 valence electrons. The summed E-state index contributed by atoms with van der Waals surface area (Å²) in [6.07, 6.45) is -2.02. The van der Waals surface area contributed by atoms with Gasteiger partial charge in [-0.25, -0.2) is 9.59 Å². The zero-order valence-electron chi connectivity index (χ0n) is 16.6. The van der Waals surface area contributed by atoms with Gasteiger partial charge in [-0.05, 0) is 51.6 Å². The van der Waals surface area contributed by atoms with E-state index in [-0.39, 0.29) is 19.1 Å². The van der Waals surface area contributed by atoms with Crippen LogP contribution < -0.4 is 5.32 Å². The van der Waals surface area contributed by atoms with E-state index in [0.29, 0.717) is 15.6 Å². The summed E-state index contributed by atoms with van der Waals surface area (Å²) in [6, 6.07) is 20.6. The van der Waals surface area contributed by atoms with Crippen molar-refractivity contribution in [2.24, 2.45) is 0 Å². The molecule has 1 aliphatic rings. The number of carbonyl (C=O) groups is 3. The molecular formula is C24H17BrClNO5. The average molecular weight is 515 g/mol. The number of halogens is 2. The van der Waals surface area contributed by atoms with Gasteiger partial charge < -0.3 is 14.8 Å². The van der Waals surface area contributed by atoms with Gasteiger partial charge in [-0.15, -0.1) is 0 Å². The first-order chi connectivity index (χ1) is 15.4. The lowest BCUT2D eigenvalue weighted by molar-refractivity contribution is 0.0728. The van der Waals surface area contributed by atoms with Gasteiger partial charge in [0.1, 0.15) is 6.61 Å². The van der Waals surface area contributed by atoms with E-state index >= 15 is 0 Å². The van der Waals surface area contributed by atoms with E-state index < -0.39 is 17.5 Å². The molecule has 6 nitrogen and oxygen atoms in total. The molecule has 0 aliphatic heterocycles. The molecule has 1 aliphatic carbocycles. The van der Waals surface area contributed by atoms with E-state index in [2.05, 4.69) is 21.2 Å². The van der Waals surface area contributed by atoms with Crippen molar-refractivity contribution in [3.63, 3.8) is 0 Å². The fraction of sp³-hybridized carbons (Fsp3) is 0.125. The summed E-state index contributed by atoms with van der Waals surface area (Å²) >= 11 is 8.75. The van der Waals surface area contributed by atoms with Crippen molar-refractivity contribution in [3.05, 3.63) is 93.5 Å². The van der Waals surface area contributed by atoms with E-state index in [1.54, 1.807) is 12.1 Å². The monoisotopic (exact) mass is 513 g/mol. The molecule has 3 aromatic carbocycles. The minimum Gasteiger partial charge on any atom is -0.433 e. The van der Waals surface area contributed by atoms with E-state index in [0.717, 1.165) is 22.3 Å². The summed E-state index contributed by atoms with van der Waals surface area (Å²) in [6.45, 7) is 0.131. The highest BCUT2D eigenvalue weighted by molar-refractivity contribution is 9.10. The van der Waals surface area contributed by atoms with E-state index in [1.807, 2.05) is 48.5 Å². The first kappa shape index (κ1) is 22.0. The fourth-order valence-corrected chi connectivity index (χ4v) is 4.35. The number of benzene rings is 3. The SMILES string of the molecule is O=C(NCc1ccc(C(=O)Cl)cc1Br)OC(=O)OCC1c2ccccc2-c2ccccc21. The Kier molecular flexibility index (Phi) is 6.58. The quantitative estimate of drug-likeness (QED) is 0.256. The molecule has 0 heterocycles. The van der Waals surface area contributed by atoms with Gasteiger partial charge in [0.15, 0.2) is 0 Å². The number of ether oxygens (including phenoxy) is 2. The summed E-state index contributed by atoms with van der Waals surface area (Å²) in [4.78, 5) is 35.2. The molecule has 3 aromatic rings. The maximum atomic E-state index is 12.1. The third-order valence-corrected chi connectivity index (χ3v) is 6.17. The van der Waals surface area contributed by atoms with Gasteiger partial charge in [-0.1, -0.05) is 70.5 Å². The van der Waals surface area contributed by atoms with E-state index in [9.17, 15) is 14.4 Å². The number of nitrogens with one attached hydrogen (secondary N) is 1. The third-order valence-electron chi connectivity index (χ3n) is 5.21. The van der Waals surface area contributed by atoms with Crippen LogP contribution in [0.3, 0.4) is 0 Å². The molecular weight excluding hydrogens is 498 g/mol. The molecule has 4 rings (SSSR count). The highest BCUT2D eigenvalue weighted by Gasteiger charge is 2.29. The summed E-state index contributed by atoms with van der Waals surface area (Å²) in [5.41, 5.74) is 5.34. The number of hydrogen-bond donors (Lipinski definition) is 1. The van der Waals surface area contributed by atoms with Crippen LogP contribution in [0, 0.1) is 0 Å². The standard InChI is InChI=1S/C24H17BrClNO5/c25-21-11-14(22(26)28)9-10-15(21)12-27-23(29)32-24(30)31-13-20-18-7-3-1-5-16(18)17-6-2-4-8-19(17)20/h1-11,20H,12-13H2,(H,27,29). The Labute approximate surface area is 197 Å². The highest BCUT2D eigenvalue weighted by atomic mass is 79.9. The van der Waals surface area contributed by atoms with Crippen LogP contribution >= 0.6 is 27.5 Å². The Bertz CT molecular complexity index is 1170. The number of rotatable bonds is 5. The predicted molar refractivity (Wildman–Crippen MR) is 123 cm³/mol. The Morgan fingerprint density at radius 1 is 0.938 bits per heavy atom. The molecule has 32 heavy (non-hydrogen) atoms. The Morgan fingerprint density at radius 2 is 1.56 bits per heavy atom. The number of fused-ring (bicyclic) bond motifs is 3. The van der Waals surface area contributed by atoms with Crippen LogP contribution in [0.5, 0.6) is 0 Å². The molecule has 0 spiro atoms. The van der Waals surface area contributed by atoms with Crippen LogP contribution in [0.15, 0.2) is 71.2 Å². The molecule has 1 amide bonds. The van der Waals surface area contributed by atoms with Crippen molar-refractivity contribution in [3.8, 4) is 11.1 Å². The first-order valence-corrected chi connectivity index (χ1v) is 10.9. The highest BCUT2D eigenvalue weighted by Crippen LogP contribution is 2.44. The number of hydrogen-bond acceptors (Lipinski definition) is 5. The van der Waals surface area contributed by atoms with Crippen LogP contribution in [-0.2, 0) is 16.0 Å². The maximum absolute atomic E-state index is 12.1. The van der Waals surface area contributed by atoms with Crippen molar-refractivity contribution >= 4 is 45.0 Å². The van der Waals surface area contributed by atoms with Gasteiger partial charge in [0, 0.05) is 22.5 Å². The maximum Gasteiger partial charge on any atom is 0.517 e. The molecule has 0 atom stereocenters. The normalized spacial score (nSPS) is 11.9. The van der Waals surface area contributed by atoms with Crippen molar-refractivity contribution in [2.75, 3.05) is 6.61 Å². The van der Waals surface area contributed by atoms with Crippen molar-refractivity contribution < 1.29 is 23.9 Å². The lowest BCUT2D eigenvalue weighted by Crippen LogP contribution is -2.27. The second-order valence-corrected chi connectivity index (χ2v) is 8.31. The van der Waals surface area contributed by atoms with Gasteiger partial charge >= 0.3 is 12.2 Å². The second kappa shape index (κ2) is 9.54. The largest absolute Gasteiger partial charge is 0.517 e. The number of carbonyl (C=O) groups excluding carboxylic acids is 3. The van der Waals surface area contributed by atoms with Gasteiger partial charge in [0.2, 0.25) is 0 Å². The van der Waals surface area contributed by atoms with Gasteiger partial charge in [-0.2, -0.15) is 0 Å². The molecule has 0 radical (unpaired) electrons. The summed E-state index contributed by atoms with van der Waals surface area (Å²) in [5, 5.41) is 1.89. The van der Waals surface area contributed by atoms with Crippen molar-refractivity contribution in [2.45, 2.75) is 12.5 Å². The lowest BCUT2D eigenvalue weighted by atomic mass is 9.98. The van der Waals surface area contributed by atoms with Crippen LogP contribution in [0.2, 0.25) is 0 Å². The summed E-state index contributed by atoms with van der Waals surface area (Å²) < 4.78 is 10.5. The van der Waals surface area contributed by atoms with Gasteiger partial charge in [-0.3, -0.25) is 4.79 Å². The molecule has 0 aromatic heterocycles. The molecule has 1 N–H and O–H groups in total.